The van der Waals surface area contributed by atoms with Gasteiger partial charge in [-0.1, -0.05) is 53.0 Å². The van der Waals surface area contributed by atoms with Crippen molar-refractivity contribution in [1.29, 1.82) is 0 Å². The first-order valence-corrected chi connectivity index (χ1v) is 8.70. The van der Waals surface area contributed by atoms with Crippen LogP contribution in [0.2, 0.25) is 15.1 Å². The van der Waals surface area contributed by atoms with Crippen LogP contribution in [0.1, 0.15) is 15.9 Å². The molecule has 0 atom stereocenters. The Kier molecular flexibility index (Phi) is 5.65. The maximum Gasteiger partial charge on any atom is 0.282 e. The van der Waals surface area contributed by atoms with Gasteiger partial charge in [-0.05, 0) is 23.8 Å². The molecule has 1 N–H and O–H groups in total. The molecule has 0 bridgehead atoms. The molecule has 0 radical (unpaired) electrons. The van der Waals surface area contributed by atoms with Crippen molar-refractivity contribution in [3.05, 3.63) is 85.0 Å². The molecule has 2 aromatic carbocycles. The lowest BCUT2D eigenvalue weighted by molar-refractivity contribution is -0.385. The lowest BCUT2D eigenvalue weighted by Gasteiger charge is -2.05. The van der Waals surface area contributed by atoms with Crippen molar-refractivity contribution in [3.8, 4) is 0 Å². The fraction of sp³-hybridized carbons (Fsp3) is 0.0588. The van der Waals surface area contributed by atoms with Gasteiger partial charge < -0.3 is 5.32 Å². The summed E-state index contributed by atoms with van der Waals surface area (Å²) >= 11 is 18.0. The number of nitrogens with zero attached hydrogens (tertiary/aromatic N) is 3. The quantitative estimate of drug-likeness (QED) is 0.457. The first-order valence-electron chi connectivity index (χ1n) is 7.57. The molecule has 27 heavy (non-hydrogen) atoms. The predicted molar refractivity (Wildman–Crippen MR) is 104 cm³/mol. The molecular formula is C17H11Cl3N4O3. The third-order valence-electron chi connectivity index (χ3n) is 3.62. The number of nitrogens with one attached hydrogen (secondary N) is 1. The van der Waals surface area contributed by atoms with Crippen molar-refractivity contribution in [1.82, 2.24) is 9.78 Å². The van der Waals surface area contributed by atoms with Gasteiger partial charge in [0.15, 0.2) is 5.82 Å². The van der Waals surface area contributed by atoms with E-state index < -0.39 is 10.8 Å². The smallest absolute Gasteiger partial charge is 0.282 e. The molecule has 1 aromatic heterocycles. The van der Waals surface area contributed by atoms with Crippen LogP contribution in [-0.2, 0) is 6.54 Å². The number of hydrogen-bond donors (Lipinski definition) is 1. The van der Waals surface area contributed by atoms with Gasteiger partial charge in [0.1, 0.15) is 10.6 Å². The summed E-state index contributed by atoms with van der Waals surface area (Å²) in [6.07, 6.45) is 1.53. The van der Waals surface area contributed by atoms with E-state index >= 15 is 0 Å². The van der Waals surface area contributed by atoms with Crippen molar-refractivity contribution in [2.75, 3.05) is 5.32 Å². The molecule has 0 spiro atoms. The summed E-state index contributed by atoms with van der Waals surface area (Å²) in [5, 5.41) is 18.8. The van der Waals surface area contributed by atoms with Gasteiger partial charge in [0.25, 0.3) is 11.6 Å². The fourth-order valence-corrected chi connectivity index (χ4v) is 2.91. The zero-order valence-electron chi connectivity index (χ0n) is 13.5. The molecule has 0 saturated carbocycles. The van der Waals surface area contributed by atoms with E-state index in [1.165, 1.54) is 35.1 Å². The summed E-state index contributed by atoms with van der Waals surface area (Å²) in [5.74, 6) is -0.580. The van der Waals surface area contributed by atoms with Crippen LogP contribution in [-0.4, -0.2) is 20.6 Å². The average Bonchev–Trinajstić information content (AvgIpc) is 2.97. The summed E-state index contributed by atoms with van der Waals surface area (Å²) in [5.41, 5.74) is 0.444. The fourth-order valence-electron chi connectivity index (χ4n) is 2.39. The molecule has 1 amide bonds. The number of benzene rings is 2. The van der Waals surface area contributed by atoms with E-state index in [2.05, 4.69) is 10.4 Å². The minimum atomic E-state index is -0.677. The Hall–Kier alpha value is -2.61. The third-order valence-corrected chi connectivity index (χ3v) is 4.64. The molecule has 3 rings (SSSR count). The molecular weight excluding hydrogens is 415 g/mol. The first-order chi connectivity index (χ1) is 12.8. The van der Waals surface area contributed by atoms with E-state index in [0.29, 0.717) is 16.6 Å². The monoisotopic (exact) mass is 424 g/mol. The van der Waals surface area contributed by atoms with Crippen molar-refractivity contribution in [3.63, 3.8) is 0 Å². The standard InChI is InChI=1S/C17H11Cl3N4O3/c18-12-6-5-10(7-13(12)19)8-23-9-14(20)16(22-23)21-17(25)11-3-1-2-4-15(11)24(26)27/h1-7,9H,8H2,(H,21,22,25). The Labute approximate surface area is 168 Å². The van der Waals surface area contributed by atoms with Gasteiger partial charge in [0.05, 0.1) is 21.5 Å². The zero-order chi connectivity index (χ0) is 19.6. The van der Waals surface area contributed by atoms with Crippen LogP contribution in [0.3, 0.4) is 0 Å². The van der Waals surface area contributed by atoms with Crippen LogP contribution in [0.5, 0.6) is 0 Å². The van der Waals surface area contributed by atoms with Crippen LogP contribution in [0.15, 0.2) is 48.7 Å². The normalized spacial score (nSPS) is 10.6. The summed E-state index contributed by atoms with van der Waals surface area (Å²) in [4.78, 5) is 22.8. The minimum Gasteiger partial charge on any atom is -0.304 e. The van der Waals surface area contributed by atoms with E-state index in [0.717, 1.165) is 5.56 Å². The SMILES string of the molecule is O=C(Nc1nn(Cc2ccc(Cl)c(Cl)c2)cc1Cl)c1ccccc1[N+](=O)[O-]. The van der Waals surface area contributed by atoms with E-state index in [4.69, 9.17) is 34.8 Å². The molecule has 0 unspecified atom stereocenters. The van der Waals surface area contributed by atoms with Crippen LogP contribution >= 0.6 is 34.8 Å². The summed E-state index contributed by atoms with van der Waals surface area (Å²) in [6.45, 7) is 0.345. The molecule has 0 aliphatic heterocycles. The first kappa shape index (κ1) is 19.2. The number of nitro benzene ring substituents is 1. The number of para-hydroxylation sites is 1. The van der Waals surface area contributed by atoms with Gasteiger partial charge in [-0.3, -0.25) is 19.6 Å². The van der Waals surface area contributed by atoms with Crippen LogP contribution in [0, 0.1) is 10.1 Å². The van der Waals surface area contributed by atoms with E-state index in [1.54, 1.807) is 18.2 Å². The van der Waals surface area contributed by atoms with Gasteiger partial charge in [0, 0.05) is 12.3 Å². The summed E-state index contributed by atoms with van der Waals surface area (Å²) < 4.78 is 1.51. The Balaban J connectivity index is 1.80. The highest BCUT2D eigenvalue weighted by Crippen LogP contribution is 2.25. The number of carbonyl (C=O) groups excluding carboxylic acids is 1. The second-order valence-electron chi connectivity index (χ2n) is 5.50. The van der Waals surface area contributed by atoms with E-state index in [9.17, 15) is 14.9 Å². The Morgan fingerprint density at radius 1 is 1.11 bits per heavy atom. The number of anilines is 1. The Morgan fingerprint density at radius 3 is 2.56 bits per heavy atom. The predicted octanol–water partition coefficient (Wildman–Crippen LogP) is 5.05. The van der Waals surface area contributed by atoms with Crippen molar-refractivity contribution in [2.45, 2.75) is 6.54 Å². The number of rotatable bonds is 5. The van der Waals surface area contributed by atoms with E-state index in [1.807, 2.05) is 0 Å². The maximum absolute atomic E-state index is 12.4. The summed E-state index contributed by atoms with van der Waals surface area (Å²) in [6, 6.07) is 10.8. The van der Waals surface area contributed by atoms with Gasteiger partial charge in [-0.25, -0.2) is 0 Å². The molecule has 0 aliphatic rings. The lowest BCUT2D eigenvalue weighted by atomic mass is 10.1. The zero-order valence-corrected chi connectivity index (χ0v) is 15.8. The average molecular weight is 426 g/mol. The molecule has 10 heteroatoms. The summed E-state index contributed by atoms with van der Waals surface area (Å²) in [7, 11) is 0. The molecule has 0 saturated heterocycles. The van der Waals surface area contributed by atoms with Gasteiger partial charge in [0.2, 0.25) is 0 Å². The highest BCUT2D eigenvalue weighted by molar-refractivity contribution is 6.42. The van der Waals surface area contributed by atoms with Crippen LogP contribution in [0.4, 0.5) is 11.5 Å². The Morgan fingerprint density at radius 2 is 1.85 bits per heavy atom. The molecule has 3 aromatic rings. The van der Waals surface area contributed by atoms with Gasteiger partial charge in [-0.15, -0.1) is 0 Å². The second kappa shape index (κ2) is 7.96. The number of hydrogen-bond acceptors (Lipinski definition) is 4. The third kappa shape index (κ3) is 4.39. The molecule has 0 fully saturated rings. The highest BCUT2D eigenvalue weighted by atomic mass is 35.5. The van der Waals surface area contributed by atoms with Gasteiger partial charge in [-0.2, -0.15) is 5.10 Å². The van der Waals surface area contributed by atoms with Crippen molar-refractivity contribution < 1.29 is 9.72 Å². The minimum absolute atomic E-state index is 0.0856. The maximum atomic E-state index is 12.4. The Bertz CT molecular complexity index is 1040. The molecule has 1 heterocycles. The number of aromatic nitrogens is 2. The number of carbonyl (C=O) groups is 1. The highest BCUT2D eigenvalue weighted by Gasteiger charge is 2.21. The van der Waals surface area contributed by atoms with Crippen molar-refractivity contribution in [2.24, 2.45) is 0 Å². The molecule has 7 nitrogen and oxygen atoms in total. The molecule has 138 valence electrons. The second-order valence-corrected chi connectivity index (χ2v) is 6.72. The van der Waals surface area contributed by atoms with Crippen LogP contribution in [0.25, 0.3) is 0 Å². The van der Waals surface area contributed by atoms with Crippen molar-refractivity contribution >= 4 is 52.2 Å². The van der Waals surface area contributed by atoms with Crippen LogP contribution < -0.4 is 5.32 Å². The largest absolute Gasteiger partial charge is 0.304 e. The number of halogens is 3. The molecule has 0 aliphatic carbocycles. The van der Waals surface area contributed by atoms with Gasteiger partial charge >= 0.3 is 0 Å². The topological polar surface area (TPSA) is 90.1 Å². The number of nitro groups is 1. The van der Waals surface area contributed by atoms with E-state index in [-0.39, 0.29) is 22.1 Å². The lowest BCUT2D eigenvalue weighted by Crippen LogP contribution is -2.15. The number of amides is 1.